The van der Waals surface area contributed by atoms with E-state index in [-0.39, 0.29) is 0 Å². The highest BCUT2D eigenvalue weighted by Crippen LogP contribution is 2.19. The lowest BCUT2D eigenvalue weighted by molar-refractivity contribution is 0.407. The van der Waals surface area contributed by atoms with Crippen LogP contribution in [0.3, 0.4) is 0 Å². The van der Waals surface area contributed by atoms with Crippen molar-refractivity contribution in [1.29, 1.82) is 0 Å². The molecule has 1 fully saturated rings. The molecular weight excluding hydrogens is 148 g/mol. The Morgan fingerprint density at radius 3 is 2.92 bits per heavy atom. The van der Waals surface area contributed by atoms with Crippen molar-refractivity contribution < 1.29 is 4.74 Å². The molecule has 0 aromatic heterocycles. The molecule has 0 aliphatic carbocycles. The van der Waals surface area contributed by atoms with Gasteiger partial charge in [-0.25, -0.2) is 0 Å². The Kier molecular flexibility index (Phi) is 1.96. The molecule has 0 saturated carbocycles. The lowest BCUT2D eigenvalue weighted by Gasteiger charge is -2.02. The average Bonchev–Trinajstić information content (AvgIpc) is 2.89. The summed E-state index contributed by atoms with van der Waals surface area (Å²) in [6.07, 6.45) is 3.39. The first kappa shape index (κ1) is 7.56. The molecule has 0 N–H and O–H groups in total. The number of benzene rings is 1. The van der Waals surface area contributed by atoms with Gasteiger partial charge < -0.3 is 4.74 Å². The zero-order valence-electron chi connectivity index (χ0n) is 6.99. The summed E-state index contributed by atoms with van der Waals surface area (Å²) in [6, 6.07) is 8.32. The molecule has 0 amide bonds. The third-order valence-corrected chi connectivity index (χ3v) is 2.12. The first-order chi connectivity index (χ1) is 5.90. The van der Waals surface area contributed by atoms with Crippen molar-refractivity contribution in [2.75, 3.05) is 6.61 Å². The molecule has 0 radical (unpaired) electrons. The Morgan fingerprint density at radius 2 is 2.25 bits per heavy atom. The summed E-state index contributed by atoms with van der Waals surface area (Å²) in [5.74, 6) is 0. The van der Waals surface area contributed by atoms with E-state index in [0.717, 1.165) is 13.0 Å². The van der Waals surface area contributed by atoms with Gasteiger partial charge in [-0.2, -0.15) is 0 Å². The monoisotopic (exact) mass is 160 g/mol. The van der Waals surface area contributed by atoms with E-state index in [1.807, 2.05) is 12.1 Å². The Balaban J connectivity index is 2.20. The Hall–Kier alpha value is -1.08. The van der Waals surface area contributed by atoms with Crippen LogP contribution in [0.4, 0.5) is 0 Å². The zero-order chi connectivity index (χ0) is 8.39. The molecule has 0 spiro atoms. The number of ether oxygens (including phenoxy) is 1. The first-order valence-electron chi connectivity index (χ1n) is 4.22. The van der Waals surface area contributed by atoms with Crippen LogP contribution in [0, 0.1) is 0 Å². The summed E-state index contributed by atoms with van der Waals surface area (Å²) in [5, 5.41) is 0. The van der Waals surface area contributed by atoms with Crippen LogP contribution < -0.4 is 0 Å². The van der Waals surface area contributed by atoms with Crippen LogP contribution in [0.15, 0.2) is 30.8 Å². The van der Waals surface area contributed by atoms with E-state index in [1.165, 1.54) is 11.1 Å². The summed E-state index contributed by atoms with van der Waals surface area (Å²) in [5.41, 5.74) is 2.57. The van der Waals surface area contributed by atoms with Gasteiger partial charge in [0.25, 0.3) is 0 Å². The van der Waals surface area contributed by atoms with Gasteiger partial charge in [0.2, 0.25) is 0 Å². The second kappa shape index (κ2) is 3.11. The van der Waals surface area contributed by atoms with Gasteiger partial charge in [0, 0.05) is 6.42 Å². The minimum absolute atomic E-state index is 0.464. The summed E-state index contributed by atoms with van der Waals surface area (Å²) in [4.78, 5) is 0. The fraction of sp³-hybridized carbons (Fsp3) is 0.273. The van der Waals surface area contributed by atoms with Crippen molar-refractivity contribution >= 4 is 6.08 Å². The van der Waals surface area contributed by atoms with Crippen LogP contribution in [-0.2, 0) is 11.2 Å². The minimum atomic E-state index is 0.464. The van der Waals surface area contributed by atoms with E-state index in [1.54, 1.807) is 0 Å². The molecule has 62 valence electrons. The van der Waals surface area contributed by atoms with Gasteiger partial charge in [0.15, 0.2) is 0 Å². The maximum Gasteiger partial charge on any atom is 0.0850 e. The summed E-state index contributed by atoms with van der Waals surface area (Å²) < 4.78 is 5.18. The van der Waals surface area contributed by atoms with Gasteiger partial charge in [0.05, 0.1) is 12.7 Å². The summed E-state index contributed by atoms with van der Waals surface area (Å²) in [7, 11) is 0. The smallest absolute Gasteiger partial charge is 0.0850 e. The fourth-order valence-electron chi connectivity index (χ4n) is 1.35. The lowest BCUT2D eigenvalue weighted by Crippen LogP contribution is -1.94. The van der Waals surface area contributed by atoms with Crippen LogP contribution >= 0.6 is 0 Å². The molecule has 1 aromatic rings. The zero-order valence-corrected chi connectivity index (χ0v) is 6.99. The molecule has 1 heteroatoms. The molecular formula is C11H12O. The molecule has 0 bridgehead atoms. The van der Waals surface area contributed by atoms with Gasteiger partial charge in [-0.1, -0.05) is 36.9 Å². The molecule has 1 nitrogen and oxygen atoms in total. The summed E-state index contributed by atoms with van der Waals surface area (Å²) >= 11 is 0. The maximum atomic E-state index is 5.18. The van der Waals surface area contributed by atoms with Crippen LogP contribution in [-0.4, -0.2) is 12.7 Å². The fourth-order valence-corrected chi connectivity index (χ4v) is 1.35. The quantitative estimate of drug-likeness (QED) is 0.618. The van der Waals surface area contributed by atoms with Gasteiger partial charge in [-0.3, -0.25) is 0 Å². The maximum absolute atomic E-state index is 5.18. The van der Waals surface area contributed by atoms with Crippen molar-refractivity contribution in [3.8, 4) is 0 Å². The Bertz CT molecular complexity index is 287. The van der Waals surface area contributed by atoms with Gasteiger partial charge in [-0.05, 0) is 11.1 Å². The van der Waals surface area contributed by atoms with Gasteiger partial charge in [0.1, 0.15) is 0 Å². The van der Waals surface area contributed by atoms with E-state index in [0.29, 0.717) is 6.10 Å². The van der Waals surface area contributed by atoms with E-state index < -0.39 is 0 Å². The highest BCUT2D eigenvalue weighted by molar-refractivity contribution is 5.51. The lowest BCUT2D eigenvalue weighted by atomic mass is 10.0. The normalized spacial score (nSPS) is 20.5. The predicted molar refractivity (Wildman–Crippen MR) is 50.0 cm³/mol. The van der Waals surface area contributed by atoms with Crippen LogP contribution in [0.25, 0.3) is 6.08 Å². The second-order valence-corrected chi connectivity index (χ2v) is 3.06. The van der Waals surface area contributed by atoms with Crippen molar-refractivity contribution in [3.05, 3.63) is 42.0 Å². The van der Waals surface area contributed by atoms with Crippen molar-refractivity contribution in [2.45, 2.75) is 12.5 Å². The minimum Gasteiger partial charge on any atom is -0.373 e. The van der Waals surface area contributed by atoms with E-state index >= 15 is 0 Å². The van der Waals surface area contributed by atoms with E-state index in [2.05, 4.69) is 24.8 Å². The van der Waals surface area contributed by atoms with Crippen molar-refractivity contribution in [2.24, 2.45) is 0 Å². The van der Waals surface area contributed by atoms with Crippen LogP contribution in [0.5, 0.6) is 0 Å². The Labute approximate surface area is 72.7 Å². The molecule has 1 aliphatic rings. The molecule has 1 atom stereocenters. The average molecular weight is 160 g/mol. The summed E-state index contributed by atoms with van der Waals surface area (Å²) in [6.45, 7) is 4.70. The number of hydrogen-bond donors (Lipinski definition) is 0. The SMILES string of the molecule is C=Cc1ccccc1CC1CO1. The molecule has 12 heavy (non-hydrogen) atoms. The molecule has 2 rings (SSSR count). The first-order valence-corrected chi connectivity index (χ1v) is 4.22. The molecule has 1 aromatic carbocycles. The predicted octanol–water partition coefficient (Wildman–Crippen LogP) is 2.27. The van der Waals surface area contributed by atoms with Crippen LogP contribution in [0.2, 0.25) is 0 Å². The highest BCUT2D eigenvalue weighted by atomic mass is 16.6. The highest BCUT2D eigenvalue weighted by Gasteiger charge is 2.22. The molecule has 1 saturated heterocycles. The van der Waals surface area contributed by atoms with Crippen LogP contribution in [0.1, 0.15) is 11.1 Å². The topological polar surface area (TPSA) is 12.5 Å². The van der Waals surface area contributed by atoms with Crippen molar-refractivity contribution in [3.63, 3.8) is 0 Å². The molecule has 1 aliphatic heterocycles. The second-order valence-electron chi connectivity index (χ2n) is 3.06. The number of hydrogen-bond acceptors (Lipinski definition) is 1. The van der Waals surface area contributed by atoms with Gasteiger partial charge >= 0.3 is 0 Å². The van der Waals surface area contributed by atoms with Crippen molar-refractivity contribution in [1.82, 2.24) is 0 Å². The number of rotatable bonds is 3. The molecule has 1 unspecified atom stereocenters. The van der Waals surface area contributed by atoms with E-state index in [9.17, 15) is 0 Å². The third kappa shape index (κ3) is 1.56. The molecule has 1 heterocycles. The largest absolute Gasteiger partial charge is 0.373 e. The standard InChI is InChI=1S/C11H12O/c1-2-9-5-3-4-6-10(9)7-11-8-12-11/h2-6,11H,1,7-8H2. The Morgan fingerprint density at radius 1 is 1.50 bits per heavy atom. The third-order valence-electron chi connectivity index (χ3n) is 2.12. The van der Waals surface area contributed by atoms with Gasteiger partial charge in [-0.15, -0.1) is 0 Å². The van der Waals surface area contributed by atoms with E-state index in [4.69, 9.17) is 4.74 Å². The number of epoxide rings is 1.